The van der Waals surface area contributed by atoms with Gasteiger partial charge in [-0.1, -0.05) is 6.58 Å². The zero-order valence-electron chi connectivity index (χ0n) is 5.34. The van der Waals surface area contributed by atoms with Gasteiger partial charge in [-0.3, -0.25) is 0 Å². The Balaban J connectivity index is 4.09. The molecule has 60 valence electrons. The fourth-order valence-electron chi connectivity index (χ4n) is 0.226. The number of carbonyl (C=O) groups is 2. The van der Waals surface area contributed by atoms with E-state index >= 15 is 0 Å². The number of rotatable bonds is 2. The van der Waals surface area contributed by atoms with Gasteiger partial charge in [0, 0.05) is 6.08 Å². The Morgan fingerprint density at radius 3 is 2.36 bits per heavy atom. The van der Waals surface area contributed by atoms with E-state index < -0.39 is 24.1 Å². The minimum Gasteiger partial charge on any atom is -0.384 e. The molecule has 0 aromatic heterocycles. The minimum atomic E-state index is -1.76. The topological polar surface area (TPSA) is 43.4 Å². The first-order chi connectivity index (χ1) is 5.11. The molecular formula is C6H4F2O3. The van der Waals surface area contributed by atoms with Crippen molar-refractivity contribution in [2.45, 2.75) is 0 Å². The predicted octanol–water partition coefficient (Wildman–Crippen LogP) is 1.02. The lowest BCUT2D eigenvalue weighted by Gasteiger charge is -1.93. The first-order valence-electron chi connectivity index (χ1n) is 2.46. The summed E-state index contributed by atoms with van der Waals surface area (Å²) < 4.78 is 26.7. The molecule has 0 rings (SSSR count). The summed E-state index contributed by atoms with van der Waals surface area (Å²) >= 11 is 0. The number of ether oxygens (including phenoxy) is 1. The Kier molecular flexibility index (Phi) is 3.72. The molecule has 0 saturated heterocycles. The monoisotopic (exact) mass is 162 g/mol. The van der Waals surface area contributed by atoms with Crippen LogP contribution in [-0.4, -0.2) is 11.9 Å². The molecule has 0 aliphatic rings. The van der Waals surface area contributed by atoms with Crippen molar-refractivity contribution in [3.05, 3.63) is 24.8 Å². The molecule has 5 heteroatoms. The van der Waals surface area contributed by atoms with Crippen LogP contribution in [0.15, 0.2) is 24.8 Å². The van der Waals surface area contributed by atoms with Crippen LogP contribution in [0.2, 0.25) is 0 Å². The number of carbonyl (C=O) groups excluding carboxylic acids is 2. The zero-order valence-corrected chi connectivity index (χ0v) is 5.34. The summed E-state index contributed by atoms with van der Waals surface area (Å²) in [5, 5.41) is 0. The van der Waals surface area contributed by atoms with Gasteiger partial charge in [0.25, 0.3) is 0 Å². The molecule has 0 N–H and O–H groups in total. The summed E-state index contributed by atoms with van der Waals surface area (Å²) in [6.07, 6.45) is 0.0577. The van der Waals surface area contributed by atoms with E-state index in [0.717, 1.165) is 0 Å². The third kappa shape index (κ3) is 3.24. The molecule has 0 spiro atoms. The van der Waals surface area contributed by atoms with E-state index in [2.05, 4.69) is 11.3 Å². The van der Waals surface area contributed by atoms with Crippen molar-refractivity contribution < 1.29 is 23.1 Å². The Labute approximate surface area is 61.0 Å². The van der Waals surface area contributed by atoms with Crippen molar-refractivity contribution in [1.82, 2.24) is 0 Å². The van der Waals surface area contributed by atoms with E-state index in [9.17, 15) is 18.4 Å². The standard InChI is InChI=1S/C6H4F2O3/c1-2-5(9)11-6(10)4(8)3-7/h2-3H,1H2. The lowest BCUT2D eigenvalue weighted by molar-refractivity contribution is -0.154. The smallest absolute Gasteiger partial charge is 0.377 e. The van der Waals surface area contributed by atoms with E-state index in [-0.39, 0.29) is 0 Å². The maximum atomic E-state index is 11.8. The molecule has 0 aromatic rings. The van der Waals surface area contributed by atoms with E-state index in [0.29, 0.717) is 6.08 Å². The summed E-state index contributed by atoms with van der Waals surface area (Å²) in [5.41, 5.74) is 0. The Morgan fingerprint density at radius 2 is 2.00 bits per heavy atom. The molecule has 0 radical (unpaired) electrons. The lowest BCUT2D eigenvalue weighted by Crippen LogP contribution is -2.09. The SMILES string of the molecule is C=CC(=O)OC(=O)C(F)=CF. The van der Waals surface area contributed by atoms with Crippen molar-refractivity contribution in [2.75, 3.05) is 0 Å². The van der Waals surface area contributed by atoms with Crippen LogP contribution < -0.4 is 0 Å². The highest BCUT2D eigenvalue weighted by molar-refractivity contribution is 5.97. The second-order valence-electron chi connectivity index (χ2n) is 1.37. The molecule has 0 heterocycles. The van der Waals surface area contributed by atoms with Gasteiger partial charge >= 0.3 is 11.9 Å². The Bertz CT molecular complexity index is 220. The number of hydrogen-bond donors (Lipinski definition) is 0. The number of halogens is 2. The molecule has 0 amide bonds. The fourth-order valence-corrected chi connectivity index (χ4v) is 0.226. The highest BCUT2D eigenvalue weighted by Crippen LogP contribution is 1.99. The molecule has 0 unspecified atom stereocenters. The average Bonchev–Trinajstić information content (AvgIpc) is 2.02. The predicted molar refractivity (Wildman–Crippen MR) is 31.6 cm³/mol. The van der Waals surface area contributed by atoms with Crippen molar-refractivity contribution in [2.24, 2.45) is 0 Å². The third-order valence-corrected chi connectivity index (χ3v) is 0.651. The largest absolute Gasteiger partial charge is 0.384 e. The average molecular weight is 162 g/mol. The molecule has 0 aliphatic heterocycles. The van der Waals surface area contributed by atoms with Gasteiger partial charge in [-0.25, -0.2) is 14.0 Å². The Hall–Kier alpha value is -1.52. The normalized spacial score (nSPS) is 10.5. The first kappa shape index (κ1) is 9.48. The number of esters is 2. The van der Waals surface area contributed by atoms with Crippen LogP contribution in [0.5, 0.6) is 0 Å². The summed E-state index contributed by atoms with van der Waals surface area (Å²) in [6.45, 7) is 2.94. The van der Waals surface area contributed by atoms with Crippen LogP contribution in [0.25, 0.3) is 0 Å². The van der Waals surface area contributed by atoms with Crippen LogP contribution in [-0.2, 0) is 14.3 Å². The second-order valence-corrected chi connectivity index (χ2v) is 1.37. The molecule has 3 nitrogen and oxygen atoms in total. The molecule has 0 atom stereocenters. The van der Waals surface area contributed by atoms with Crippen molar-refractivity contribution in [3.63, 3.8) is 0 Å². The third-order valence-electron chi connectivity index (χ3n) is 0.651. The molecule has 0 saturated carbocycles. The van der Waals surface area contributed by atoms with E-state index in [4.69, 9.17) is 0 Å². The highest BCUT2D eigenvalue weighted by Gasteiger charge is 2.13. The maximum absolute atomic E-state index is 11.8. The van der Waals surface area contributed by atoms with E-state index in [1.54, 1.807) is 0 Å². The van der Waals surface area contributed by atoms with Gasteiger partial charge in [0.05, 0.1) is 0 Å². The molecule has 0 fully saturated rings. The van der Waals surface area contributed by atoms with Crippen molar-refractivity contribution in [3.8, 4) is 0 Å². The Morgan fingerprint density at radius 1 is 1.45 bits per heavy atom. The first-order valence-corrected chi connectivity index (χ1v) is 2.46. The molecule has 11 heavy (non-hydrogen) atoms. The van der Waals surface area contributed by atoms with Crippen LogP contribution in [0.4, 0.5) is 8.78 Å². The van der Waals surface area contributed by atoms with Gasteiger partial charge in [0.15, 0.2) is 0 Å². The molecule has 0 bridgehead atoms. The van der Waals surface area contributed by atoms with Crippen LogP contribution in [0.3, 0.4) is 0 Å². The van der Waals surface area contributed by atoms with E-state index in [1.807, 2.05) is 0 Å². The lowest BCUT2D eigenvalue weighted by atomic mass is 10.6. The van der Waals surface area contributed by atoms with E-state index in [1.165, 1.54) is 0 Å². The molecular weight excluding hydrogens is 158 g/mol. The van der Waals surface area contributed by atoms with Crippen LogP contribution in [0.1, 0.15) is 0 Å². The zero-order chi connectivity index (χ0) is 8.85. The summed E-state index contributed by atoms with van der Waals surface area (Å²) in [4.78, 5) is 20.3. The quantitative estimate of drug-likeness (QED) is 0.346. The van der Waals surface area contributed by atoms with Gasteiger partial charge in [-0.05, 0) is 0 Å². The minimum absolute atomic E-state index is 0.599. The van der Waals surface area contributed by atoms with Crippen molar-refractivity contribution >= 4 is 11.9 Å². The van der Waals surface area contributed by atoms with Gasteiger partial charge < -0.3 is 4.74 Å². The van der Waals surface area contributed by atoms with Crippen molar-refractivity contribution in [1.29, 1.82) is 0 Å². The van der Waals surface area contributed by atoms with Crippen LogP contribution >= 0.6 is 0 Å². The number of hydrogen-bond acceptors (Lipinski definition) is 3. The highest BCUT2D eigenvalue weighted by atomic mass is 19.2. The van der Waals surface area contributed by atoms with Gasteiger partial charge in [-0.2, -0.15) is 4.39 Å². The van der Waals surface area contributed by atoms with Gasteiger partial charge in [-0.15, -0.1) is 0 Å². The molecule has 0 aromatic carbocycles. The fraction of sp³-hybridized carbons (Fsp3) is 0. The van der Waals surface area contributed by atoms with Gasteiger partial charge in [0.1, 0.15) is 6.33 Å². The summed E-state index contributed by atoms with van der Waals surface area (Å²) in [6, 6.07) is 0. The second kappa shape index (κ2) is 4.32. The van der Waals surface area contributed by atoms with Gasteiger partial charge in [0.2, 0.25) is 5.83 Å². The summed E-state index contributed by atoms with van der Waals surface area (Å²) in [7, 11) is 0. The van der Waals surface area contributed by atoms with Crippen LogP contribution in [0, 0.1) is 0 Å². The molecule has 0 aliphatic carbocycles. The summed E-state index contributed by atoms with van der Waals surface area (Å²) in [5.74, 6) is -4.57. The maximum Gasteiger partial charge on any atom is 0.377 e.